The summed E-state index contributed by atoms with van der Waals surface area (Å²) in [5, 5.41) is 5.30. The Morgan fingerprint density at radius 3 is 2.30 bits per heavy atom. The van der Waals surface area contributed by atoms with Crippen LogP contribution in [0, 0.1) is 0 Å². The van der Waals surface area contributed by atoms with Gasteiger partial charge in [-0.3, -0.25) is 4.79 Å². The van der Waals surface area contributed by atoms with Gasteiger partial charge in [-0.2, -0.15) is 8.42 Å². The summed E-state index contributed by atoms with van der Waals surface area (Å²) in [4.78, 5) is 15.2. The van der Waals surface area contributed by atoms with Crippen LogP contribution in [-0.4, -0.2) is 58.2 Å². The van der Waals surface area contributed by atoms with Gasteiger partial charge in [0.1, 0.15) is 12.6 Å². The Balaban J connectivity index is 1.84. The van der Waals surface area contributed by atoms with E-state index in [1.807, 2.05) is 72.8 Å². The van der Waals surface area contributed by atoms with Crippen LogP contribution in [0.4, 0.5) is 0 Å². The summed E-state index contributed by atoms with van der Waals surface area (Å²) in [6.45, 7) is 4.47. The second kappa shape index (κ2) is 10.7. The second-order valence-electron chi connectivity index (χ2n) is 8.33. The normalized spacial score (nSPS) is 13.4. The fraction of sp³-hybridized carbons (Fsp3) is 0.269. The first-order valence-electron chi connectivity index (χ1n) is 10.9. The molecule has 0 aromatic heterocycles. The summed E-state index contributed by atoms with van der Waals surface area (Å²) in [6, 6.07) is 22.9. The minimum Gasteiger partial charge on any atom is -0.335 e. The molecule has 3 N–H and O–H groups in total. The third-order valence-electron chi connectivity index (χ3n) is 5.88. The van der Waals surface area contributed by atoms with Gasteiger partial charge >= 0.3 is 0 Å². The van der Waals surface area contributed by atoms with Crippen molar-refractivity contribution in [3.05, 3.63) is 90.5 Å². The number of likely N-dealkylation sites (N-methyl/N-ethyl adjacent to an activating group) is 2. The van der Waals surface area contributed by atoms with E-state index in [0.29, 0.717) is 12.0 Å². The fourth-order valence-corrected chi connectivity index (χ4v) is 4.51. The molecule has 3 aromatic carbocycles. The van der Waals surface area contributed by atoms with Crippen molar-refractivity contribution in [3.63, 3.8) is 0 Å². The van der Waals surface area contributed by atoms with Crippen LogP contribution >= 0.6 is 0 Å². The number of nitrogens with two attached hydrogens (primary N) is 1. The molecule has 1 amide bonds. The number of nitrogens with zero attached hydrogens (tertiary/aromatic N) is 1. The SMILES string of the molecule is C=C(c1ccc2ccccc2c1)[C@@H](NC)C(=O)N(C)[C@@H](C[NH2+]S(C)(=O)=O)Cc1ccccc1. The maximum Gasteiger partial charge on any atom is 0.291 e. The van der Waals surface area contributed by atoms with Gasteiger partial charge in [0.05, 0.1) is 12.3 Å². The van der Waals surface area contributed by atoms with E-state index in [1.54, 1.807) is 19.0 Å². The zero-order chi connectivity index (χ0) is 24.0. The Morgan fingerprint density at radius 1 is 1.03 bits per heavy atom. The summed E-state index contributed by atoms with van der Waals surface area (Å²) in [5.41, 5.74) is 2.60. The fourth-order valence-electron chi connectivity index (χ4n) is 3.94. The third kappa shape index (κ3) is 6.51. The minimum atomic E-state index is -3.27. The molecule has 0 heterocycles. The van der Waals surface area contributed by atoms with Gasteiger partial charge in [0.25, 0.3) is 10.0 Å². The highest BCUT2D eigenvalue weighted by Crippen LogP contribution is 2.23. The number of rotatable bonds is 10. The van der Waals surface area contributed by atoms with Crippen molar-refractivity contribution < 1.29 is 17.9 Å². The molecule has 0 aliphatic heterocycles. The van der Waals surface area contributed by atoms with Crippen LogP contribution in [0.3, 0.4) is 0 Å². The molecule has 0 aliphatic rings. The van der Waals surface area contributed by atoms with E-state index < -0.39 is 16.1 Å². The van der Waals surface area contributed by atoms with E-state index in [4.69, 9.17) is 0 Å². The van der Waals surface area contributed by atoms with Gasteiger partial charge in [0.2, 0.25) is 5.91 Å². The van der Waals surface area contributed by atoms with Crippen molar-refractivity contribution in [3.8, 4) is 0 Å². The molecule has 0 saturated carbocycles. The number of sulfonamides is 1. The number of amides is 1. The van der Waals surface area contributed by atoms with E-state index >= 15 is 0 Å². The van der Waals surface area contributed by atoms with Gasteiger partial charge in [-0.1, -0.05) is 73.3 Å². The van der Waals surface area contributed by atoms with Gasteiger partial charge in [-0.05, 0) is 47.0 Å². The van der Waals surface area contributed by atoms with E-state index in [1.165, 1.54) is 11.0 Å². The van der Waals surface area contributed by atoms with Crippen molar-refractivity contribution in [2.45, 2.75) is 18.5 Å². The van der Waals surface area contributed by atoms with Crippen LogP contribution in [0.15, 0.2) is 79.4 Å². The quantitative estimate of drug-likeness (QED) is 0.479. The number of benzene rings is 3. The van der Waals surface area contributed by atoms with Crippen LogP contribution in [0.5, 0.6) is 0 Å². The average molecular weight is 467 g/mol. The Labute approximate surface area is 196 Å². The second-order valence-corrected chi connectivity index (χ2v) is 10.3. The lowest BCUT2D eigenvalue weighted by Crippen LogP contribution is -2.89. The summed E-state index contributed by atoms with van der Waals surface area (Å²) >= 11 is 0. The molecule has 0 saturated heterocycles. The third-order valence-corrected chi connectivity index (χ3v) is 6.68. The monoisotopic (exact) mass is 466 g/mol. The first-order chi connectivity index (χ1) is 15.7. The molecule has 0 aliphatic carbocycles. The van der Waals surface area contributed by atoms with Gasteiger partial charge in [0.15, 0.2) is 0 Å². The first kappa shape index (κ1) is 24.6. The summed E-state index contributed by atoms with van der Waals surface area (Å²) in [5.74, 6) is -0.154. The van der Waals surface area contributed by atoms with Gasteiger partial charge in [0, 0.05) is 7.05 Å². The van der Waals surface area contributed by atoms with Crippen LogP contribution in [0.25, 0.3) is 16.3 Å². The zero-order valence-electron chi connectivity index (χ0n) is 19.4. The van der Waals surface area contributed by atoms with Gasteiger partial charge in [-0.25, -0.2) is 4.72 Å². The molecular formula is C26H32N3O3S+. The van der Waals surface area contributed by atoms with Gasteiger partial charge < -0.3 is 10.2 Å². The summed E-state index contributed by atoms with van der Waals surface area (Å²) < 4.78 is 24.9. The minimum absolute atomic E-state index is 0.154. The molecule has 0 spiro atoms. The van der Waals surface area contributed by atoms with E-state index in [2.05, 4.69) is 11.9 Å². The topological polar surface area (TPSA) is 83.1 Å². The molecule has 33 heavy (non-hydrogen) atoms. The molecule has 0 bridgehead atoms. The van der Waals surface area contributed by atoms with Crippen LogP contribution in [-0.2, 0) is 21.2 Å². The molecule has 6 nitrogen and oxygen atoms in total. The number of carbonyl (C=O) groups is 1. The molecule has 7 heteroatoms. The average Bonchev–Trinajstić information content (AvgIpc) is 2.81. The number of hydrogen-bond donors (Lipinski definition) is 2. The Hall–Kier alpha value is -3.00. The summed E-state index contributed by atoms with van der Waals surface area (Å²) in [6.07, 6.45) is 1.72. The highest BCUT2D eigenvalue weighted by molar-refractivity contribution is 7.83. The number of fused-ring (bicyclic) bond motifs is 1. The highest BCUT2D eigenvalue weighted by atomic mass is 32.2. The molecule has 3 aromatic rings. The maximum absolute atomic E-state index is 13.5. The number of quaternary nitrogens is 1. The predicted octanol–water partition coefficient (Wildman–Crippen LogP) is 2.03. The van der Waals surface area contributed by atoms with Crippen molar-refractivity contribution in [1.29, 1.82) is 0 Å². The van der Waals surface area contributed by atoms with Crippen LogP contribution in [0.2, 0.25) is 0 Å². The lowest BCUT2D eigenvalue weighted by atomic mass is 9.95. The smallest absolute Gasteiger partial charge is 0.291 e. The zero-order valence-corrected chi connectivity index (χ0v) is 20.2. The lowest BCUT2D eigenvalue weighted by molar-refractivity contribution is -0.501. The van der Waals surface area contributed by atoms with E-state index in [-0.39, 0.29) is 18.5 Å². The van der Waals surface area contributed by atoms with Crippen molar-refractivity contribution in [1.82, 2.24) is 10.2 Å². The van der Waals surface area contributed by atoms with Crippen molar-refractivity contribution in [2.24, 2.45) is 0 Å². The maximum atomic E-state index is 13.5. The molecule has 2 atom stereocenters. The predicted molar refractivity (Wildman–Crippen MR) is 134 cm³/mol. The molecular weight excluding hydrogens is 434 g/mol. The van der Waals surface area contributed by atoms with Gasteiger partial charge in [-0.15, -0.1) is 0 Å². The van der Waals surface area contributed by atoms with Crippen molar-refractivity contribution >= 4 is 32.3 Å². The standard InChI is InChI=1S/C26H31N3O3S/c1-19(22-15-14-21-12-8-9-13-23(21)17-22)25(27-2)26(30)29(3)24(18-28-33(4,31)32)16-20-10-6-5-7-11-20/h5-15,17,24-25,27-28H,1,16,18H2,2-4H3/p+1/t24-,25-/m1/s1. The molecule has 3 rings (SSSR count). The first-order valence-corrected chi connectivity index (χ1v) is 12.8. The molecule has 0 unspecified atom stereocenters. The van der Waals surface area contributed by atoms with Crippen LogP contribution < -0.4 is 10.0 Å². The summed E-state index contributed by atoms with van der Waals surface area (Å²) in [7, 11) is 0.187. The number of hydrogen-bond acceptors (Lipinski definition) is 4. The number of carbonyl (C=O) groups excluding carboxylic acids is 1. The van der Waals surface area contributed by atoms with E-state index in [9.17, 15) is 13.2 Å². The number of nitrogens with one attached hydrogen (secondary N) is 1. The Bertz CT molecular complexity index is 1230. The molecule has 0 fully saturated rings. The Morgan fingerprint density at radius 2 is 1.67 bits per heavy atom. The van der Waals surface area contributed by atoms with Crippen molar-refractivity contribution in [2.75, 3.05) is 26.9 Å². The highest BCUT2D eigenvalue weighted by Gasteiger charge is 2.30. The van der Waals surface area contributed by atoms with E-state index in [0.717, 1.165) is 21.9 Å². The lowest BCUT2D eigenvalue weighted by Gasteiger charge is -2.31. The number of primary sulfonamides is 1. The molecule has 0 radical (unpaired) electrons. The largest absolute Gasteiger partial charge is 0.335 e. The van der Waals surface area contributed by atoms with Crippen LogP contribution in [0.1, 0.15) is 11.1 Å². The molecule has 174 valence electrons. The Kier molecular flexibility index (Phi) is 8.02.